The third kappa shape index (κ3) is 4.27. The lowest BCUT2D eigenvalue weighted by atomic mass is 11.0. The molecule has 0 atom stereocenters. The highest BCUT2D eigenvalue weighted by atomic mass is 32.3. The summed E-state index contributed by atoms with van der Waals surface area (Å²) in [5, 5.41) is 0. The zero-order chi connectivity index (χ0) is 5.21. The summed E-state index contributed by atoms with van der Waals surface area (Å²) in [7, 11) is -2.66. The van der Waals surface area contributed by atoms with Crippen molar-refractivity contribution in [2.75, 3.05) is 12.0 Å². The van der Waals surface area contributed by atoms with Gasteiger partial charge in [0.2, 0.25) is 0 Å². The Balaban J connectivity index is 3.17. The van der Waals surface area contributed by atoms with Crippen molar-refractivity contribution in [1.82, 2.24) is 0 Å². The number of rotatable bonds is 1. The van der Waals surface area contributed by atoms with Crippen LogP contribution in [0.25, 0.3) is 0 Å². The van der Waals surface area contributed by atoms with Crippen molar-refractivity contribution in [3.63, 3.8) is 0 Å². The minimum absolute atomic E-state index is 0.243. The Kier molecular flexibility index (Phi) is 1.90. The molecule has 0 radical (unpaired) electrons. The molecule has 0 aliphatic heterocycles. The number of sulfone groups is 1. The van der Waals surface area contributed by atoms with Gasteiger partial charge in [0, 0.05) is 0 Å². The van der Waals surface area contributed by atoms with E-state index in [1.165, 1.54) is 6.26 Å². The third-order valence-corrected chi connectivity index (χ3v) is 1.57. The molecule has 0 saturated heterocycles. The Morgan fingerprint density at radius 3 is 1.67 bits per heavy atom. The van der Waals surface area contributed by atoms with Gasteiger partial charge in [0.05, 0.1) is 0 Å². The van der Waals surface area contributed by atoms with Crippen LogP contribution in [0.4, 0.5) is 0 Å². The molecule has 0 fully saturated rings. The summed E-state index contributed by atoms with van der Waals surface area (Å²) in [5.41, 5.74) is 0. The van der Waals surface area contributed by atoms with Gasteiger partial charge in [-0.25, -0.2) is 0 Å². The Labute approximate surface area is 39.5 Å². The fourth-order valence-corrected chi connectivity index (χ4v) is 0. The van der Waals surface area contributed by atoms with Gasteiger partial charge in [-0.1, -0.05) is 6.92 Å². The Hall–Kier alpha value is 0.270. The standard InChI is InChI=1S/C3H10O2S/c1-3-6(2,4)5/h4-5H,3H2,1-2H3/p-2. The fraction of sp³-hybridized carbons (Fsp3) is 1.00. The lowest BCUT2D eigenvalue weighted by molar-refractivity contribution is 0.454. The number of hydrogen-bond donors (Lipinski definition) is 0. The fourth-order valence-electron chi connectivity index (χ4n) is 0. The van der Waals surface area contributed by atoms with Crippen LogP contribution in [0, 0.1) is 0 Å². The van der Waals surface area contributed by atoms with Gasteiger partial charge in [-0.05, 0) is 12.0 Å². The molecule has 0 heterocycles. The van der Waals surface area contributed by atoms with Gasteiger partial charge < -0.3 is 19.7 Å². The second-order valence-electron chi connectivity index (χ2n) is 1.21. The SMILES string of the molecule is CCS(C)([O-])[O-]. The summed E-state index contributed by atoms with van der Waals surface area (Å²) in [6, 6.07) is 0. The molecule has 0 aromatic carbocycles. The van der Waals surface area contributed by atoms with Crippen LogP contribution >= 0.6 is 10.6 Å². The molecule has 2 nitrogen and oxygen atoms in total. The highest BCUT2D eigenvalue weighted by Gasteiger charge is 1.70. The summed E-state index contributed by atoms with van der Waals surface area (Å²) in [5.74, 6) is 0.243. The molecule has 0 aromatic heterocycles. The van der Waals surface area contributed by atoms with E-state index in [0.29, 0.717) is 0 Å². The maximum absolute atomic E-state index is 10.0. The molecule has 0 aromatic rings. The van der Waals surface area contributed by atoms with E-state index in [-0.39, 0.29) is 5.75 Å². The molecule has 0 saturated carbocycles. The van der Waals surface area contributed by atoms with Crippen molar-refractivity contribution in [2.45, 2.75) is 6.92 Å². The third-order valence-electron chi connectivity index (χ3n) is 0.524. The molecule has 0 rings (SSSR count). The van der Waals surface area contributed by atoms with Gasteiger partial charge in [-0.15, -0.1) is 0 Å². The van der Waals surface area contributed by atoms with Gasteiger partial charge >= 0.3 is 0 Å². The first-order chi connectivity index (χ1) is 2.56. The van der Waals surface area contributed by atoms with Crippen LogP contribution in [-0.4, -0.2) is 21.1 Å². The first-order valence-electron chi connectivity index (χ1n) is 1.74. The molecule has 0 aliphatic carbocycles. The van der Waals surface area contributed by atoms with Gasteiger partial charge in [-0.2, -0.15) is 0 Å². The molecular weight excluding hydrogens is 100 g/mol. The van der Waals surface area contributed by atoms with E-state index in [2.05, 4.69) is 0 Å². The van der Waals surface area contributed by atoms with E-state index in [1.54, 1.807) is 6.92 Å². The lowest BCUT2D eigenvalue weighted by Crippen LogP contribution is -1.95. The summed E-state index contributed by atoms with van der Waals surface area (Å²) in [6.45, 7) is 1.62. The Morgan fingerprint density at radius 2 is 1.67 bits per heavy atom. The van der Waals surface area contributed by atoms with E-state index in [1.807, 2.05) is 0 Å². The molecule has 6 heavy (non-hydrogen) atoms. The predicted molar refractivity (Wildman–Crippen MR) is 25.6 cm³/mol. The average Bonchev–Trinajstić information content (AvgIpc) is 1.35. The summed E-state index contributed by atoms with van der Waals surface area (Å²) < 4.78 is 20.0. The van der Waals surface area contributed by atoms with E-state index in [0.717, 1.165) is 0 Å². The summed E-state index contributed by atoms with van der Waals surface area (Å²) in [6.07, 6.45) is 1.22. The van der Waals surface area contributed by atoms with Crippen LogP contribution in [0.15, 0.2) is 0 Å². The lowest BCUT2D eigenvalue weighted by Gasteiger charge is -2.55. The van der Waals surface area contributed by atoms with E-state index < -0.39 is 10.6 Å². The smallest absolute Gasteiger partial charge is 0.0329 e. The van der Waals surface area contributed by atoms with Crippen LogP contribution in [0.3, 0.4) is 0 Å². The normalized spacial score (nSPS) is 14.7. The first kappa shape index (κ1) is 6.27. The molecule has 40 valence electrons. The van der Waals surface area contributed by atoms with E-state index in [4.69, 9.17) is 0 Å². The van der Waals surface area contributed by atoms with Crippen molar-refractivity contribution >= 4 is 10.6 Å². The second kappa shape index (κ2) is 1.82. The molecule has 0 bridgehead atoms. The van der Waals surface area contributed by atoms with Crippen LogP contribution in [0.1, 0.15) is 6.92 Å². The van der Waals surface area contributed by atoms with E-state index in [9.17, 15) is 9.11 Å². The molecule has 0 aliphatic rings. The molecular formula is C3H8O2S-2. The second-order valence-corrected chi connectivity index (χ2v) is 3.64. The molecule has 0 N–H and O–H groups in total. The van der Waals surface area contributed by atoms with Crippen molar-refractivity contribution in [3.05, 3.63) is 0 Å². The van der Waals surface area contributed by atoms with Crippen LogP contribution in [0.5, 0.6) is 0 Å². The zero-order valence-electron chi connectivity index (χ0n) is 3.93. The van der Waals surface area contributed by atoms with Gasteiger partial charge in [0.25, 0.3) is 0 Å². The summed E-state index contributed by atoms with van der Waals surface area (Å²) in [4.78, 5) is 0. The molecule has 0 amide bonds. The van der Waals surface area contributed by atoms with Crippen molar-refractivity contribution in [3.8, 4) is 0 Å². The molecule has 0 spiro atoms. The zero-order valence-corrected chi connectivity index (χ0v) is 4.75. The molecule has 0 unspecified atom stereocenters. The van der Waals surface area contributed by atoms with Crippen molar-refractivity contribution < 1.29 is 9.11 Å². The highest BCUT2D eigenvalue weighted by Crippen LogP contribution is 2.30. The minimum atomic E-state index is -2.66. The maximum Gasteiger partial charge on any atom is -0.0329 e. The highest BCUT2D eigenvalue weighted by molar-refractivity contribution is 8.23. The van der Waals surface area contributed by atoms with Gasteiger partial charge in [0.15, 0.2) is 0 Å². The summed E-state index contributed by atoms with van der Waals surface area (Å²) >= 11 is 0. The Bertz CT molecular complexity index is 38.5. The predicted octanol–water partition coefficient (Wildman–Crippen LogP) is 0.702. The van der Waals surface area contributed by atoms with Crippen molar-refractivity contribution in [2.24, 2.45) is 0 Å². The quantitative estimate of drug-likeness (QED) is 0.496. The Morgan fingerprint density at radius 1 is 1.50 bits per heavy atom. The minimum Gasteiger partial charge on any atom is -0.800 e. The first-order valence-corrected chi connectivity index (χ1v) is 3.80. The van der Waals surface area contributed by atoms with Crippen LogP contribution in [0.2, 0.25) is 0 Å². The van der Waals surface area contributed by atoms with Gasteiger partial charge in [0.1, 0.15) is 0 Å². The van der Waals surface area contributed by atoms with Gasteiger partial charge in [-0.3, -0.25) is 0 Å². The van der Waals surface area contributed by atoms with Crippen molar-refractivity contribution in [1.29, 1.82) is 0 Å². The maximum atomic E-state index is 10.0. The monoisotopic (exact) mass is 108 g/mol. The topological polar surface area (TPSA) is 46.1 Å². The largest absolute Gasteiger partial charge is 0.800 e. The average molecular weight is 108 g/mol. The number of hydrogen-bond acceptors (Lipinski definition) is 2. The van der Waals surface area contributed by atoms with E-state index >= 15 is 0 Å². The van der Waals surface area contributed by atoms with Crippen LogP contribution in [-0.2, 0) is 0 Å². The van der Waals surface area contributed by atoms with Crippen LogP contribution < -0.4 is 0 Å². The molecule has 3 heteroatoms.